The van der Waals surface area contributed by atoms with Gasteiger partial charge < -0.3 is 10.5 Å². The lowest BCUT2D eigenvalue weighted by Crippen LogP contribution is -1.98. The number of anilines is 1. The first-order valence-corrected chi connectivity index (χ1v) is 5.22. The second-order valence-corrected chi connectivity index (χ2v) is 3.63. The predicted molar refractivity (Wildman–Crippen MR) is 60.6 cm³/mol. The van der Waals surface area contributed by atoms with E-state index in [1.54, 1.807) is 0 Å². The lowest BCUT2D eigenvalue weighted by molar-refractivity contribution is 0.306. The molecule has 1 aromatic rings. The van der Waals surface area contributed by atoms with Crippen LogP contribution in [0.1, 0.15) is 31.7 Å². The van der Waals surface area contributed by atoms with E-state index in [1.807, 2.05) is 25.1 Å². The van der Waals surface area contributed by atoms with Crippen LogP contribution in [0.15, 0.2) is 18.2 Å². The van der Waals surface area contributed by atoms with E-state index in [0.29, 0.717) is 0 Å². The topological polar surface area (TPSA) is 35.2 Å². The van der Waals surface area contributed by atoms with Crippen LogP contribution in [-0.4, -0.2) is 6.61 Å². The molecule has 2 N–H and O–H groups in total. The van der Waals surface area contributed by atoms with Crippen molar-refractivity contribution in [1.82, 2.24) is 0 Å². The van der Waals surface area contributed by atoms with Gasteiger partial charge in [0.05, 0.1) is 6.61 Å². The highest BCUT2D eigenvalue weighted by molar-refractivity contribution is 5.47. The summed E-state index contributed by atoms with van der Waals surface area (Å²) < 4.78 is 5.59. The minimum absolute atomic E-state index is 0.774. The number of hydrogen-bond donors (Lipinski definition) is 1. The Kier molecular flexibility index (Phi) is 4.30. The molecule has 0 fully saturated rings. The monoisotopic (exact) mass is 193 g/mol. The van der Waals surface area contributed by atoms with E-state index in [1.165, 1.54) is 12.8 Å². The average Bonchev–Trinajstić information content (AvgIpc) is 2.11. The second kappa shape index (κ2) is 5.53. The number of rotatable bonds is 5. The van der Waals surface area contributed by atoms with Gasteiger partial charge in [0.2, 0.25) is 0 Å². The Morgan fingerprint density at radius 1 is 1.21 bits per heavy atom. The van der Waals surface area contributed by atoms with Crippen LogP contribution in [-0.2, 0) is 0 Å². The van der Waals surface area contributed by atoms with Crippen molar-refractivity contribution in [2.24, 2.45) is 0 Å². The molecule has 0 saturated carbocycles. The van der Waals surface area contributed by atoms with Gasteiger partial charge in [0.1, 0.15) is 5.75 Å². The Balaban J connectivity index is 2.42. The van der Waals surface area contributed by atoms with Crippen molar-refractivity contribution in [3.05, 3.63) is 23.8 Å². The smallest absolute Gasteiger partial charge is 0.121 e. The van der Waals surface area contributed by atoms with E-state index in [-0.39, 0.29) is 0 Å². The van der Waals surface area contributed by atoms with Gasteiger partial charge in [0.25, 0.3) is 0 Å². The summed E-state index contributed by atoms with van der Waals surface area (Å²) in [6.45, 7) is 5.00. The third-order valence-corrected chi connectivity index (χ3v) is 2.09. The number of unbranched alkanes of at least 4 members (excludes halogenated alkanes) is 2. The Labute approximate surface area is 86.1 Å². The fourth-order valence-corrected chi connectivity index (χ4v) is 1.40. The fraction of sp³-hybridized carbons (Fsp3) is 0.500. The van der Waals surface area contributed by atoms with Gasteiger partial charge in [0, 0.05) is 11.8 Å². The SMILES string of the molecule is CCCCCOc1cc(C)cc(N)c1. The molecule has 0 aliphatic carbocycles. The Hall–Kier alpha value is -1.18. The van der Waals surface area contributed by atoms with Crippen LogP contribution in [0.5, 0.6) is 5.75 Å². The maximum atomic E-state index is 5.71. The van der Waals surface area contributed by atoms with Gasteiger partial charge in [-0.25, -0.2) is 0 Å². The van der Waals surface area contributed by atoms with Crippen molar-refractivity contribution in [3.63, 3.8) is 0 Å². The van der Waals surface area contributed by atoms with Gasteiger partial charge in [-0.1, -0.05) is 19.8 Å². The van der Waals surface area contributed by atoms with Crippen LogP contribution in [0.2, 0.25) is 0 Å². The Morgan fingerprint density at radius 2 is 2.00 bits per heavy atom. The lowest BCUT2D eigenvalue weighted by Gasteiger charge is -2.07. The van der Waals surface area contributed by atoms with Crippen molar-refractivity contribution in [2.45, 2.75) is 33.1 Å². The van der Waals surface area contributed by atoms with E-state index in [0.717, 1.165) is 30.0 Å². The zero-order valence-corrected chi connectivity index (χ0v) is 9.05. The molecule has 0 amide bonds. The van der Waals surface area contributed by atoms with E-state index in [2.05, 4.69) is 6.92 Å². The van der Waals surface area contributed by atoms with Crippen molar-refractivity contribution in [3.8, 4) is 5.75 Å². The number of aryl methyl sites for hydroxylation is 1. The van der Waals surface area contributed by atoms with E-state index < -0.39 is 0 Å². The first-order valence-electron chi connectivity index (χ1n) is 5.22. The first-order chi connectivity index (χ1) is 6.72. The summed E-state index contributed by atoms with van der Waals surface area (Å²) in [7, 11) is 0. The molecule has 1 rings (SSSR count). The molecule has 0 saturated heterocycles. The molecule has 0 unspecified atom stereocenters. The molecule has 0 aliphatic heterocycles. The van der Waals surface area contributed by atoms with Gasteiger partial charge >= 0.3 is 0 Å². The number of ether oxygens (including phenoxy) is 1. The lowest BCUT2D eigenvalue weighted by atomic mass is 10.2. The molecule has 0 heterocycles. The largest absolute Gasteiger partial charge is 0.494 e. The summed E-state index contributed by atoms with van der Waals surface area (Å²) in [5, 5.41) is 0. The third kappa shape index (κ3) is 3.69. The van der Waals surface area contributed by atoms with E-state index in [4.69, 9.17) is 10.5 Å². The van der Waals surface area contributed by atoms with Crippen molar-refractivity contribution < 1.29 is 4.74 Å². The summed E-state index contributed by atoms with van der Waals surface area (Å²) in [4.78, 5) is 0. The standard InChI is InChI=1S/C12H19NO/c1-3-4-5-6-14-12-8-10(2)7-11(13)9-12/h7-9H,3-6,13H2,1-2H3. The molecule has 0 radical (unpaired) electrons. The first kappa shape index (κ1) is 10.9. The Morgan fingerprint density at radius 3 is 2.64 bits per heavy atom. The van der Waals surface area contributed by atoms with Gasteiger partial charge in [-0.15, -0.1) is 0 Å². The normalized spacial score (nSPS) is 10.1. The van der Waals surface area contributed by atoms with Crippen LogP contribution >= 0.6 is 0 Å². The summed E-state index contributed by atoms with van der Waals surface area (Å²) in [5.74, 6) is 0.888. The minimum atomic E-state index is 0.774. The summed E-state index contributed by atoms with van der Waals surface area (Å²) in [5.41, 5.74) is 7.63. The van der Waals surface area contributed by atoms with E-state index in [9.17, 15) is 0 Å². The van der Waals surface area contributed by atoms with Crippen LogP contribution in [0, 0.1) is 6.92 Å². The Bertz CT molecular complexity index is 263. The fourth-order valence-electron chi connectivity index (χ4n) is 1.40. The molecule has 0 aromatic heterocycles. The van der Waals surface area contributed by atoms with Crippen LogP contribution in [0.4, 0.5) is 5.69 Å². The van der Waals surface area contributed by atoms with Crippen molar-refractivity contribution >= 4 is 5.69 Å². The molecule has 78 valence electrons. The third-order valence-electron chi connectivity index (χ3n) is 2.09. The quantitative estimate of drug-likeness (QED) is 0.576. The highest BCUT2D eigenvalue weighted by Gasteiger charge is 1.96. The van der Waals surface area contributed by atoms with Crippen molar-refractivity contribution in [2.75, 3.05) is 12.3 Å². The van der Waals surface area contributed by atoms with Gasteiger partial charge in [0.15, 0.2) is 0 Å². The van der Waals surface area contributed by atoms with Gasteiger partial charge in [-0.2, -0.15) is 0 Å². The van der Waals surface area contributed by atoms with Gasteiger partial charge in [-0.05, 0) is 31.0 Å². The van der Waals surface area contributed by atoms with Crippen LogP contribution in [0.25, 0.3) is 0 Å². The molecule has 0 aliphatic rings. The molecule has 14 heavy (non-hydrogen) atoms. The molecule has 0 spiro atoms. The van der Waals surface area contributed by atoms with Crippen LogP contribution < -0.4 is 10.5 Å². The molecule has 2 nitrogen and oxygen atoms in total. The maximum absolute atomic E-state index is 5.71. The minimum Gasteiger partial charge on any atom is -0.494 e. The molecule has 0 atom stereocenters. The van der Waals surface area contributed by atoms with Gasteiger partial charge in [-0.3, -0.25) is 0 Å². The zero-order valence-electron chi connectivity index (χ0n) is 9.05. The van der Waals surface area contributed by atoms with Crippen LogP contribution in [0.3, 0.4) is 0 Å². The highest BCUT2D eigenvalue weighted by atomic mass is 16.5. The number of benzene rings is 1. The number of nitrogen functional groups attached to an aromatic ring is 1. The van der Waals surface area contributed by atoms with Crippen molar-refractivity contribution in [1.29, 1.82) is 0 Å². The predicted octanol–water partition coefficient (Wildman–Crippen LogP) is 3.15. The molecule has 2 heteroatoms. The average molecular weight is 193 g/mol. The number of nitrogens with two attached hydrogens (primary N) is 1. The summed E-state index contributed by atoms with van der Waals surface area (Å²) in [6, 6.07) is 5.83. The zero-order chi connectivity index (χ0) is 10.4. The molecular formula is C12H19NO. The molecule has 1 aromatic carbocycles. The summed E-state index contributed by atoms with van der Waals surface area (Å²) in [6.07, 6.45) is 3.56. The molecular weight excluding hydrogens is 174 g/mol. The number of hydrogen-bond acceptors (Lipinski definition) is 2. The molecule has 0 bridgehead atoms. The summed E-state index contributed by atoms with van der Waals surface area (Å²) >= 11 is 0. The highest BCUT2D eigenvalue weighted by Crippen LogP contribution is 2.18. The van der Waals surface area contributed by atoms with E-state index >= 15 is 0 Å². The second-order valence-electron chi connectivity index (χ2n) is 3.63. The maximum Gasteiger partial charge on any atom is 0.121 e.